The number of nitrogens with one attached hydrogen (secondary N) is 2. The van der Waals surface area contributed by atoms with E-state index < -0.39 is 6.10 Å². The van der Waals surface area contributed by atoms with Gasteiger partial charge in [-0.1, -0.05) is 0 Å². The van der Waals surface area contributed by atoms with E-state index in [1.807, 2.05) is 31.3 Å². The molecule has 0 aliphatic carbocycles. The summed E-state index contributed by atoms with van der Waals surface area (Å²) >= 11 is 0. The average molecular weight is 252 g/mol. The van der Waals surface area contributed by atoms with Gasteiger partial charge in [-0.15, -0.1) is 0 Å². The summed E-state index contributed by atoms with van der Waals surface area (Å²) in [5, 5.41) is 5.74. The third-order valence-corrected chi connectivity index (χ3v) is 2.43. The van der Waals surface area contributed by atoms with Gasteiger partial charge in [-0.05, 0) is 31.2 Å². The Hall–Kier alpha value is -1.75. The first-order valence-electron chi connectivity index (χ1n) is 5.88. The zero-order valence-electron chi connectivity index (χ0n) is 11.0. The van der Waals surface area contributed by atoms with E-state index in [1.54, 1.807) is 14.0 Å². The Labute approximate surface area is 107 Å². The number of carbonyl (C=O) groups is 1. The van der Waals surface area contributed by atoms with E-state index in [2.05, 4.69) is 10.6 Å². The van der Waals surface area contributed by atoms with Crippen LogP contribution in [0.25, 0.3) is 0 Å². The fourth-order valence-corrected chi connectivity index (χ4v) is 1.38. The van der Waals surface area contributed by atoms with E-state index >= 15 is 0 Å². The Kier molecular flexibility index (Phi) is 6.00. The van der Waals surface area contributed by atoms with Crippen LogP contribution in [0.3, 0.4) is 0 Å². The smallest absolute Gasteiger partial charge is 0.260 e. The molecule has 1 rings (SSSR count). The first-order chi connectivity index (χ1) is 8.67. The Balaban J connectivity index is 2.42. The quantitative estimate of drug-likeness (QED) is 0.717. The van der Waals surface area contributed by atoms with Crippen molar-refractivity contribution in [2.24, 2.45) is 0 Å². The maximum atomic E-state index is 11.6. The third kappa shape index (κ3) is 4.63. The van der Waals surface area contributed by atoms with Crippen molar-refractivity contribution >= 4 is 11.6 Å². The van der Waals surface area contributed by atoms with Gasteiger partial charge in [0.05, 0.1) is 6.61 Å². The SMILES string of the molecule is CNc1ccc(OC(C)C(=O)NCCOC)cc1. The number of hydrogen-bond donors (Lipinski definition) is 2. The Morgan fingerprint density at radius 1 is 1.33 bits per heavy atom. The molecular formula is C13H20N2O3. The Bertz CT molecular complexity index is 365. The van der Waals surface area contributed by atoms with Crippen LogP contribution in [0, 0.1) is 0 Å². The lowest BCUT2D eigenvalue weighted by atomic mass is 10.3. The summed E-state index contributed by atoms with van der Waals surface area (Å²) in [6, 6.07) is 7.44. The minimum Gasteiger partial charge on any atom is -0.481 e. The van der Waals surface area contributed by atoms with Gasteiger partial charge in [0.1, 0.15) is 5.75 Å². The second-order valence-corrected chi connectivity index (χ2v) is 3.82. The fourth-order valence-electron chi connectivity index (χ4n) is 1.38. The molecule has 1 amide bonds. The van der Waals surface area contributed by atoms with Crippen molar-refractivity contribution in [3.05, 3.63) is 24.3 Å². The Morgan fingerprint density at radius 2 is 2.00 bits per heavy atom. The van der Waals surface area contributed by atoms with Gasteiger partial charge in [0.2, 0.25) is 0 Å². The second-order valence-electron chi connectivity index (χ2n) is 3.82. The highest BCUT2D eigenvalue weighted by Gasteiger charge is 2.13. The van der Waals surface area contributed by atoms with Crippen molar-refractivity contribution in [2.75, 3.05) is 32.6 Å². The number of methoxy groups -OCH3 is 1. The number of ether oxygens (including phenoxy) is 2. The molecule has 0 heterocycles. The van der Waals surface area contributed by atoms with Crippen LogP contribution in [0.5, 0.6) is 5.75 Å². The predicted molar refractivity (Wildman–Crippen MR) is 71.0 cm³/mol. The monoisotopic (exact) mass is 252 g/mol. The van der Waals surface area contributed by atoms with Crippen LogP contribution in [0.15, 0.2) is 24.3 Å². The van der Waals surface area contributed by atoms with Crippen molar-refractivity contribution in [2.45, 2.75) is 13.0 Å². The van der Waals surface area contributed by atoms with Crippen LogP contribution in [-0.4, -0.2) is 39.3 Å². The lowest BCUT2D eigenvalue weighted by Crippen LogP contribution is -2.37. The summed E-state index contributed by atoms with van der Waals surface area (Å²) in [5.41, 5.74) is 1.000. The second kappa shape index (κ2) is 7.55. The summed E-state index contributed by atoms with van der Waals surface area (Å²) in [7, 11) is 3.44. The van der Waals surface area contributed by atoms with Crippen LogP contribution in [-0.2, 0) is 9.53 Å². The highest BCUT2D eigenvalue weighted by Crippen LogP contribution is 2.16. The van der Waals surface area contributed by atoms with Gasteiger partial charge in [0, 0.05) is 26.4 Å². The van der Waals surface area contributed by atoms with E-state index in [-0.39, 0.29) is 5.91 Å². The normalized spacial score (nSPS) is 11.7. The average Bonchev–Trinajstić information content (AvgIpc) is 2.39. The summed E-state index contributed by atoms with van der Waals surface area (Å²) in [4.78, 5) is 11.6. The van der Waals surface area contributed by atoms with Crippen molar-refractivity contribution in [1.82, 2.24) is 5.32 Å². The van der Waals surface area contributed by atoms with Crippen molar-refractivity contribution in [3.63, 3.8) is 0 Å². The molecule has 0 saturated heterocycles. The molecule has 1 unspecified atom stereocenters. The molecule has 0 spiro atoms. The maximum Gasteiger partial charge on any atom is 0.260 e. The zero-order valence-corrected chi connectivity index (χ0v) is 11.0. The molecule has 1 aromatic rings. The molecule has 1 aromatic carbocycles. The molecule has 0 aliphatic rings. The van der Waals surface area contributed by atoms with E-state index in [0.29, 0.717) is 18.9 Å². The number of anilines is 1. The van der Waals surface area contributed by atoms with E-state index in [0.717, 1.165) is 5.69 Å². The van der Waals surface area contributed by atoms with E-state index in [9.17, 15) is 4.79 Å². The molecule has 18 heavy (non-hydrogen) atoms. The molecule has 0 radical (unpaired) electrons. The maximum absolute atomic E-state index is 11.6. The van der Waals surface area contributed by atoms with Gasteiger partial charge >= 0.3 is 0 Å². The third-order valence-electron chi connectivity index (χ3n) is 2.43. The van der Waals surface area contributed by atoms with Crippen LogP contribution in [0.2, 0.25) is 0 Å². The summed E-state index contributed by atoms with van der Waals surface area (Å²) in [6.07, 6.45) is -0.526. The topological polar surface area (TPSA) is 59.6 Å². The standard InChI is InChI=1S/C13H20N2O3/c1-10(13(16)15-8-9-17-3)18-12-6-4-11(14-2)5-7-12/h4-7,10,14H,8-9H2,1-3H3,(H,15,16). The fraction of sp³-hybridized carbons (Fsp3) is 0.462. The molecule has 2 N–H and O–H groups in total. The minimum absolute atomic E-state index is 0.148. The first-order valence-corrected chi connectivity index (χ1v) is 5.88. The van der Waals surface area contributed by atoms with Gasteiger partial charge in [0.25, 0.3) is 5.91 Å². The van der Waals surface area contributed by atoms with Gasteiger partial charge in [0.15, 0.2) is 6.10 Å². The van der Waals surface area contributed by atoms with Crippen LogP contribution >= 0.6 is 0 Å². The van der Waals surface area contributed by atoms with Crippen molar-refractivity contribution in [1.29, 1.82) is 0 Å². The highest BCUT2D eigenvalue weighted by molar-refractivity contribution is 5.80. The molecule has 5 nitrogen and oxygen atoms in total. The largest absolute Gasteiger partial charge is 0.481 e. The molecule has 100 valence electrons. The number of carbonyl (C=O) groups excluding carboxylic acids is 1. The van der Waals surface area contributed by atoms with E-state index in [4.69, 9.17) is 9.47 Å². The number of hydrogen-bond acceptors (Lipinski definition) is 4. The lowest BCUT2D eigenvalue weighted by Gasteiger charge is -2.14. The summed E-state index contributed by atoms with van der Waals surface area (Å²) in [5.74, 6) is 0.521. The molecular weight excluding hydrogens is 232 g/mol. The number of benzene rings is 1. The molecule has 0 fully saturated rings. The molecule has 0 aromatic heterocycles. The zero-order chi connectivity index (χ0) is 13.4. The molecule has 0 saturated carbocycles. The van der Waals surface area contributed by atoms with Crippen LogP contribution < -0.4 is 15.4 Å². The van der Waals surface area contributed by atoms with Crippen molar-refractivity contribution < 1.29 is 14.3 Å². The first kappa shape index (κ1) is 14.3. The van der Waals surface area contributed by atoms with Crippen LogP contribution in [0.1, 0.15) is 6.92 Å². The minimum atomic E-state index is -0.526. The van der Waals surface area contributed by atoms with Gasteiger partial charge < -0.3 is 20.1 Å². The number of amides is 1. The summed E-state index contributed by atoms with van der Waals surface area (Å²) in [6.45, 7) is 2.70. The highest BCUT2D eigenvalue weighted by atomic mass is 16.5. The lowest BCUT2D eigenvalue weighted by molar-refractivity contribution is -0.127. The van der Waals surface area contributed by atoms with Crippen molar-refractivity contribution in [3.8, 4) is 5.75 Å². The molecule has 0 bridgehead atoms. The van der Waals surface area contributed by atoms with Gasteiger partial charge in [-0.3, -0.25) is 4.79 Å². The number of rotatable bonds is 7. The summed E-state index contributed by atoms with van der Waals surface area (Å²) < 4.78 is 10.4. The van der Waals surface area contributed by atoms with Gasteiger partial charge in [-0.2, -0.15) is 0 Å². The predicted octanol–water partition coefficient (Wildman–Crippen LogP) is 1.26. The molecule has 5 heteroatoms. The van der Waals surface area contributed by atoms with Crippen LogP contribution in [0.4, 0.5) is 5.69 Å². The van der Waals surface area contributed by atoms with Gasteiger partial charge in [-0.25, -0.2) is 0 Å². The molecule has 1 atom stereocenters. The van der Waals surface area contributed by atoms with E-state index in [1.165, 1.54) is 0 Å². The molecule has 0 aliphatic heterocycles. The Morgan fingerprint density at radius 3 is 2.56 bits per heavy atom.